The molecule has 0 saturated carbocycles. The molecule has 0 aliphatic heterocycles. The number of benzene rings is 2. The third-order valence-corrected chi connectivity index (χ3v) is 3.21. The van der Waals surface area contributed by atoms with Gasteiger partial charge in [-0.25, -0.2) is 4.39 Å². The molecule has 1 atom stereocenters. The maximum atomic E-state index is 13.0. The van der Waals surface area contributed by atoms with Gasteiger partial charge in [-0.3, -0.25) is 0 Å². The first-order chi connectivity index (χ1) is 8.56. The Hall–Kier alpha value is -1.67. The molecule has 0 spiro atoms. The molecule has 0 radical (unpaired) electrons. The Morgan fingerprint density at radius 1 is 1.06 bits per heavy atom. The minimum atomic E-state index is -0.209. The zero-order chi connectivity index (χ0) is 13.1. The second kappa shape index (κ2) is 5.32. The van der Waals surface area contributed by atoms with Crippen LogP contribution in [0.3, 0.4) is 0 Å². The Labute approximate surface area is 107 Å². The summed E-state index contributed by atoms with van der Waals surface area (Å²) in [5.41, 5.74) is 10.6. The van der Waals surface area contributed by atoms with Crippen LogP contribution in [-0.4, -0.2) is 0 Å². The van der Waals surface area contributed by atoms with Crippen molar-refractivity contribution in [1.82, 2.24) is 0 Å². The highest BCUT2D eigenvalue weighted by molar-refractivity contribution is 5.31. The van der Waals surface area contributed by atoms with E-state index in [1.807, 2.05) is 6.92 Å². The number of halogens is 1. The normalized spacial score (nSPS) is 12.4. The smallest absolute Gasteiger partial charge is 0.123 e. The van der Waals surface area contributed by atoms with Crippen molar-refractivity contribution in [2.24, 2.45) is 5.73 Å². The quantitative estimate of drug-likeness (QED) is 0.874. The van der Waals surface area contributed by atoms with Crippen molar-refractivity contribution >= 4 is 0 Å². The summed E-state index contributed by atoms with van der Waals surface area (Å²) in [6, 6.07) is 13.0. The average Bonchev–Trinajstić information content (AvgIpc) is 2.32. The van der Waals surface area contributed by atoms with E-state index >= 15 is 0 Å². The first kappa shape index (κ1) is 12.8. The van der Waals surface area contributed by atoms with Crippen molar-refractivity contribution in [2.75, 3.05) is 0 Å². The lowest BCUT2D eigenvalue weighted by molar-refractivity contribution is 0.622. The van der Waals surface area contributed by atoms with Crippen molar-refractivity contribution in [1.29, 1.82) is 0 Å². The minimum absolute atomic E-state index is 0.0895. The molecule has 0 aliphatic carbocycles. The standard InChI is InChI=1S/C16H18FN/c1-11-3-5-13(6-4-11)10-16(18)15-8-7-14(17)9-12(15)2/h3-9,16H,10,18H2,1-2H3. The summed E-state index contributed by atoms with van der Waals surface area (Å²) in [6.07, 6.45) is 0.771. The van der Waals surface area contributed by atoms with Crippen LogP contribution in [0.4, 0.5) is 4.39 Å². The van der Waals surface area contributed by atoms with Gasteiger partial charge in [-0.1, -0.05) is 35.9 Å². The van der Waals surface area contributed by atoms with Gasteiger partial charge in [0.1, 0.15) is 5.82 Å². The fourth-order valence-corrected chi connectivity index (χ4v) is 2.14. The maximum absolute atomic E-state index is 13.0. The third-order valence-electron chi connectivity index (χ3n) is 3.21. The SMILES string of the molecule is Cc1ccc(CC(N)c2ccc(F)cc2C)cc1. The van der Waals surface area contributed by atoms with Crippen molar-refractivity contribution in [3.8, 4) is 0 Å². The summed E-state index contributed by atoms with van der Waals surface area (Å²) >= 11 is 0. The number of aryl methyl sites for hydroxylation is 2. The molecule has 1 nitrogen and oxygen atoms in total. The first-order valence-corrected chi connectivity index (χ1v) is 6.13. The number of nitrogens with two attached hydrogens (primary N) is 1. The fraction of sp³-hybridized carbons (Fsp3) is 0.250. The van der Waals surface area contributed by atoms with Gasteiger partial charge in [-0.2, -0.15) is 0 Å². The van der Waals surface area contributed by atoms with E-state index in [1.165, 1.54) is 23.3 Å². The van der Waals surface area contributed by atoms with E-state index in [2.05, 4.69) is 31.2 Å². The topological polar surface area (TPSA) is 26.0 Å². The molecule has 2 rings (SSSR count). The average molecular weight is 243 g/mol. The molecule has 2 heteroatoms. The predicted molar refractivity (Wildman–Crippen MR) is 72.9 cm³/mol. The summed E-state index contributed by atoms with van der Waals surface area (Å²) in [6.45, 7) is 3.96. The Bertz CT molecular complexity index is 531. The van der Waals surface area contributed by atoms with Gasteiger partial charge in [0, 0.05) is 6.04 Å². The molecular formula is C16H18FN. The minimum Gasteiger partial charge on any atom is -0.324 e. The zero-order valence-corrected chi connectivity index (χ0v) is 10.8. The van der Waals surface area contributed by atoms with Crippen molar-refractivity contribution < 1.29 is 4.39 Å². The van der Waals surface area contributed by atoms with Gasteiger partial charge in [0.25, 0.3) is 0 Å². The number of hydrogen-bond acceptors (Lipinski definition) is 1. The molecule has 0 aromatic heterocycles. The van der Waals surface area contributed by atoms with E-state index in [1.54, 1.807) is 6.07 Å². The van der Waals surface area contributed by atoms with E-state index in [0.29, 0.717) is 0 Å². The van der Waals surface area contributed by atoms with E-state index < -0.39 is 0 Å². The summed E-state index contributed by atoms with van der Waals surface area (Å²) < 4.78 is 13.0. The van der Waals surface area contributed by atoms with Crippen LogP contribution in [0.1, 0.15) is 28.3 Å². The molecule has 2 aromatic rings. The largest absolute Gasteiger partial charge is 0.324 e. The van der Waals surface area contributed by atoms with Gasteiger partial charge in [0.05, 0.1) is 0 Å². The Morgan fingerprint density at radius 3 is 2.33 bits per heavy atom. The molecule has 94 valence electrons. The van der Waals surface area contributed by atoms with Crippen LogP contribution >= 0.6 is 0 Å². The summed E-state index contributed by atoms with van der Waals surface area (Å²) in [5, 5.41) is 0. The fourth-order valence-electron chi connectivity index (χ4n) is 2.14. The highest BCUT2D eigenvalue weighted by atomic mass is 19.1. The van der Waals surface area contributed by atoms with Crippen LogP contribution in [0.5, 0.6) is 0 Å². The molecule has 0 amide bonds. The van der Waals surface area contributed by atoms with Gasteiger partial charge in [0.2, 0.25) is 0 Å². The third kappa shape index (κ3) is 2.96. The number of rotatable bonds is 3. The first-order valence-electron chi connectivity index (χ1n) is 6.13. The molecule has 0 heterocycles. The van der Waals surface area contributed by atoms with Crippen LogP contribution < -0.4 is 5.73 Å². The molecule has 1 unspecified atom stereocenters. The molecule has 0 saturated heterocycles. The lowest BCUT2D eigenvalue weighted by atomic mass is 9.96. The molecule has 0 aliphatic rings. The Balaban J connectivity index is 2.16. The van der Waals surface area contributed by atoms with Gasteiger partial charge in [0.15, 0.2) is 0 Å². The van der Waals surface area contributed by atoms with E-state index in [0.717, 1.165) is 17.5 Å². The number of hydrogen-bond donors (Lipinski definition) is 1. The van der Waals surface area contributed by atoms with Crippen molar-refractivity contribution in [3.63, 3.8) is 0 Å². The maximum Gasteiger partial charge on any atom is 0.123 e. The molecule has 2 aromatic carbocycles. The monoisotopic (exact) mass is 243 g/mol. The van der Waals surface area contributed by atoms with E-state index in [-0.39, 0.29) is 11.9 Å². The van der Waals surface area contributed by atoms with Crippen LogP contribution in [0.25, 0.3) is 0 Å². The highest BCUT2D eigenvalue weighted by Crippen LogP contribution is 2.20. The molecule has 18 heavy (non-hydrogen) atoms. The Morgan fingerprint density at radius 2 is 1.72 bits per heavy atom. The van der Waals surface area contributed by atoms with Crippen molar-refractivity contribution in [2.45, 2.75) is 26.3 Å². The molecule has 0 bridgehead atoms. The lowest BCUT2D eigenvalue weighted by Gasteiger charge is -2.15. The van der Waals surface area contributed by atoms with Crippen molar-refractivity contribution in [3.05, 3.63) is 70.5 Å². The second-order valence-corrected chi connectivity index (χ2v) is 4.80. The van der Waals surface area contributed by atoms with E-state index in [9.17, 15) is 4.39 Å². The predicted octanol–water partition coefficient (Wildman–Crippen LogP) is 3.69. The van der Waals surface area contributed by atoms with Gasteiger partial charge in [-0.15, -0.1) is 0 Å². The van der Waals surface area contributed by atoms with E-state index in [4.69, 9.17) is 5.73 Å². The van der Waals surface area contributed by atoms with Gasteiger partial charge >= 0.3 is 0 Å². The van der Waals surface area contributed by atoms with Crippen LogP contribution in [-0.2, 0) is 6.42 Å². The molecule has 2 N–H and O–H groups in total. The summed E-state index contributed by atoms with van der Waals surface area (Å²) in [7, 11) is 0. The van der Waals surface area contributed by atoms with Crippen LogP contribution in [0.2, 0.25) is 0 Å². The summed E-state index contributed by atoms with van der Waals surface area (Å²) in [4.78, 5) is 0. The second-order valence-electron chi connectivity index (χ2n) is 4.80. The lowest BCUT2D eigenvalue weighted by Crippen LogP contribution is -2.14. The summed E-state index contributed by atoms with van der Waals surface area (Å²) in [5.74, 6) is -0.209. The van der Waals surface area contributed by atoms with Crippen LogP contribution in [0, 0.1) is 19.7 Å². The Kier molecular flexibility index (Phi) is 3.78. The molecular weight excluding hydrogens is 225 g/mol. The molecule has 0 fully saturated rings. The zero-order valence-electron chi connectivity index (χ0n) is 10.8. The van der Waals surface area contributed by atoms with Gasteiger partial charge < -0.3 is 5.73 Å². The van der Waals surface area contributed by atoms with Crippen LogP contribution in [0.15, 0.2) is 42.5 Å². The highest BCUT2D eigenvalue weighted by Gasteiger charge is 2.10. The van der Waals surface area contributed by atoms with Gasteiger partial charge in [-0.05, 0) is 49.1 Å².